The number of hydrogen-bond acceptors (Lipinski definition) is 12. The van der Waals surface area contributed by atoms with Gasteiger partial charge in [0.1, 0.15) is 51.9 Å². The van der Waals surface area contributed by atoms with Gasteiger partial charge in [0.25, 0.3) is 0 Å². The second-order valence-corrected chi connectivity index (χ2v) is 30.9. The maximum Gasteiger partial charge on any atom is 0.176 e. The van der Waals surface area contributed by atoms with Crippen molar-refractivity contribution in [3.63, 3.8) is 0 Å². The van der Waals surface area contributed by atoms with Crippen molar-refractivity contribution in [3.05, 3.63) is 342 Å². The first-order valence-corrected chi connectivity index (χ1v) is 40.2. The van der Waals surface area contributed by atoms with Gasteiger partial charge in [-0.3, -0.25) is 0 Å². The van der Waals surface area contributed by atoms with Crippen LogP contribution in [-0.2, 0) is 0 Å². The normalized spacial score (nSPS) is 18.0. The molecule has 600 valence electrons. The fourth-order valence-electron chi connectivity index (χ4n) is 16.2. The fraction of sp³-hybridized carbons (Fsp3) is 0.219. The van der Waals surface area contributed by atoms with Crippen LogP contribution in [0.1, 0.15) is 128 Å². The van der Waals surface area contributed by atoms with Crippen LogP contribution in [0.4, 0.5) is 30.2 Å². The molecule has 9 atom stereocenters. The molecule has 4 unspecified atom stereocenters. The molecule has 3 heterocycles. The summed E-state index contributed by atoms with van der Waals surface area (Å²) in [6, 6.07) is 84.2. The molecule has 0 aromatic heterocycles. The summed E-state index contributed by atoms with van der Waals surface area (Å²) in [5, 5.41) is 97.7. The number of aliphatic hydroxyl groups excluding tert-OH is 3. The van der Waals surface area contributed by atoms with Crippen LogP contribution in [0.15, 0.2) is 291 Å². The Hall–Kier alpha value is -11.8. The van der Waals surface area contributed by atoms with Gasteiger partial charge in [0, 0.05) is 54.9 Å². The van der Waals surface area contributed by atoms with E-state index in [2.05, 4.69) is 29.4 Å². The van der Waals surface area contributed by atoms with Crippen molar-refractivity contribution in [2.75, 3.05) is 35.8 Å². The van der Waals surface area contributed by atoms with Crippen LogP contribution in [0.3, 0.4) is 0 Å². The van der Waals surface area contributed by atoms with E-state index in [9.17, 15) is 59.1 Å². The van der Waals surface area contributed by atoms with E-state index in [-0.39, 0.29) is 88.2 Å². The van der Waals surface area contributed by atoms with Crippen molar-refractivity contribution in [2.24, 2.45) is 0 Å². The van der Waals surface area contributed by atoms with Gasteiger partial charge in [-0.2, -0.15) is 0 Å². The third-order valence-electron chi connectivity index (χ3n) is 22.3. The first-order valence-electron chi connectivity index (χ1n) is 39.0. The van der Waals surface area contributed by atoms with Gasteiger partial charge in [-0.1, -0.05) is 164 Å². The molecule has 12 aromatic carbocycles. The summed E-state index contributed by atoms with van der Waals surface area (Å²) in [4.78, 5) is 12.5. The van der Waals surface area contributed by atoms with Crippen LogP contribution >= 0.6 is 36.7 Å². The number of phenols is 6. The third kappa shape index (κ3) is 19.3. The van der Waals surface area contributed by atoms with Crippen LogP contribution in [0, 0.1) is 17.5 Å². The lowest BCUT2D eigenvalue weighted by atomic mass is 9.91. The monoisotopic (exact) mass is 1630 g/mol. The van der Waals surface area contributed by atoms with E-state index in [1.807, 2.05) is 167 Å². The molecular weight excluding hydrogens is 1530 g/mol. The van der Waals surface area contributed by atoms with Crippen molar-refractivity contribution < 1.29 is 59.1 Å². The van der Waals surface area contributed by atoms with Gasteiger partial charge in [-0.05, 0) is 272 Å². The minimum atomic E-state index is -0.692. The number of aromatic hydroxyl groups is 6. The van der Waals surface area contributed by atoms with Crippen molar-refractivity contribution >= 4 is 69.1 Å². The van der Waals surface area contributed by atoms with E-state index < -0.39 is 18.3 Å². The Bertz CT molecular complexity index is 4870. The standard InChI is InChI=1S/3C32H31FN2O3S/c3*1-34-28(11-6-12-29(37)21-13-16-24(33)17-14-21)31(35(32(34)39)25-8-3-2-4-9-25)27-18-15-23(20-30(27)38)22-7-5-10-26(36)19-22/h3*2-5,7-10,13-20,28-29,31,36-38H,6,11-12H2,1H3/t28-,29?,31-;28-,29-,31-;/m11./s1. The van der Waals surface area contributed by atoms with Crippen molar-refractivity contribution in [2.45, 2.75) is 112 Å². The number of benzene rings is 12. The van der Waals surface area contributed by atoms with Gasteiger partial charge in [0.05, 0.1) is 54.6 Å². The highest BCUT2D eigenvalue weighted by Gasteiger charge is 2.47. The Morgan fingerprint density at radius 3 is 0.761 bits per heavy atom. The predicted molar refractivity (Wildman–Crippen MR) is 469 cm³/mol. The molecule has 3 aliphatic rings. The summed E-state index contributed by atoms with van der Waals surface area (Å²) in [7, 11) is 5.91. The second-order valence-electron chi connectivity index (χ2n) is 29.8. The number of aliphatic hydroxyl groups is 3. The first-order chi connectivity index (χ1) is 56.5. The molecule has 21 heteroatoms. The summed E-state index contributed by atoms with van der Waals surface area (Å²) in [6.07, 6.45) is 3.75. The number of phenolic OH excluding ortho intramolecular Hbond substituents is 6. The number of thiocarbonyl (C=S) groups is 3. The Kier molecular flexibility index (Phi) is 26.9. The van der Waals surface area contributed by atoms with Gasteiger partial charge in [0.2, 0.25) is 0 Å². The Morgan fingerprint density at radius 2 is 0.530 bits per heavy atom. The third-order valence-corrected chi connectivity index (χ3v) is 23.8. The van der Waals surface area contributed by atoms with Gasteiger partial charge >= 0.3 is 0 Å². The number of hydrogen-bond donors (Lipinski definition) is 9. The molecular formula is C96H93F3N6O9S3. The van der Waals surface area contributed by atoms with Crippen LogP contribution in [0.5, 0.6) is 34.5 Å². The lowest BCUT2D eigenvalue weighted by molar-refractivity contribution is 0.159. The van der Waals surface area contributed by atoms with Gasteiger partial charge in [-0.25, -0.2) is 13.2 Å². The zero-order valence-electron chi connectivity index (χ0n) is 64.8. The molecule has 117 heavy (non-hydrogen) atoms. The molecule has 0 aliphatic carbocycles. The van der Waals surface area contributed by atoms with E-state index in [0.717, 1.165) is 86.4 Å². The van der Waals surface area contributed by atoms with Crippen LogP contribution in [-0.4, -0.2) is 115 Å². The molecule has 0 spiro atoms. The molecule has 9 N–H and O–H groups in total. The van der Waals surface area contributed by atoms with Crippen LogP contribution < -0.4 is 14.7 Å². The zero-order chi connectivity index (χ0) is 82.6. The number of anilines is 3. The number of likely N-dealkylation sites (N-methyl/N-ethyl adjacent to an activating group) is 3. The Morgan fingerprint density at radius 1 is 0.291 bits per heavy atom. The second kappa shape index (κ2) is 37.9. The average molecular weight is 1630 g/mol. The SMILES string of the molecule is CN1C(=S)N(c2ccccc2)C(c2ccc(-c3cccc(O)c3)cc2O)C1CCCC(O)c1ccc(F)cc1.CN1C(=S)N(c2ccccc2)[C@H](c2ccc(-c3cccc(O)c3)cc2O)[C@H]1CCCC(O)c1ccc(F)cc1.CN1C(=S)N(c2ccccc2)[C@H](c2ccc(-c3cccc(O)c3)cc2O)[C@H]1CCC[C@@H](O)c1ccc(F)cc1. The fourth-order valence-corrected chi connectivity index (χ4v) is 17.3. The number of nitrogens with zero attached hydrogens (tertiary/aromatic N) is 6. The summed E-state index contributed by atoms with van der Waals surface area (Å²) in [5.41, 5.74) is 11.9. The van der Waals surface area contributed by atoms with Crippen molar-refractivity contribution in [3.8, 4) is 67.9 Å². The van der Waals surface area contributed by atoms with Crippen molar-refractivity contribution in [1.29, 1.82) is 0 Å². The lowest BCUT2D eigenvalue weighted by Gasteiger charge is -2.29. The number of halogens is 3. The summed E-state index contributed by atoms with van der Waals surface area (Å²) in [5.74, 6) is -0.0445. The minimum absolute atomic E-state index is 0.0596. The molecule has 15 rings (SSSR count). The van der Waals surface area contributed by atoms with Gasteiger partial charge in [0.15, 0.2) is 15.3 Å². The smallest absolute Gasteiger partial charge is 0.176 e. The summed E-state index contributed by atoms with van der Waals surface area (Å²) >= 11 is 17.7. The molecule has 3 fully saturated rings. The summed E-state index contributed by atoms with van der Waals surface area (Å²) < 4.78 is 39.9. The predicted octanol–water partition coefficient (Wildman–Crippen LogP) is 20.9. The highest BCUT2D eigenvalue weighted by Crippen LogP contribution is 2.49. The highest BCUT2D eigenvalue weighted by molar-refractivity contribution is 7.81. The molecule has 0 bridgehead atoms. The maximum atomic E-state index is 13.3. The molecule has 0 saturated carbocycles. The van der Waals surface area contributed by atoms with E-state index in [1.54, 1.807) is 109 Å². The highest BCUT2D eigenvalue weighted by atomic mass is 32.1. The van der Waals surface area contributed by atoms with E-state index in [1.165, 1.54) is 36.4 Å². The molecule has 12 aromatic rings. The van der Waals surface area contributed by atoms with Crippen LogP contribution in [0.2, 0.25) is 0 Å². The molecule has 3 saturated heterocycles. The molecule has 3 aliphatic heterocycles. The van der Waals surface area contributed by atoms with Gasteiger partial charge in [-0.15, -0.1) is 0 Å². The maximum absolute atomic E-state index is 13.3. The topological polar surface area (TPSA) is 202 Å². The first kappa shape index (κ1) is 83.1. The van der Waals surface area contributed by atoms with E-state index in [4.69, 9.17) is 36.7 Å². The Balaban J connectivity index is 0.000000152. The molecule has 0 amide bonds. The Labute approximate surface area is 696 Å². The van der Waals surface area contributed by atoms with E-state index in [0.29, 0.717) is 70.6 Å². The zero-order valence-corrected chi connectivity index (χ0v) is 67.3. The lowest BCUT2D eigenvalue weighted by Crippen LogP contribution is -2.30. The van der Waals surface area contributed by atoms with Crippen molar-refractivity contribution in [1.82, 2.24) is 14.7 Å². The summed E-state index contributed by atoms with van der Waals surface area (Å²) in [6.45, 7) is 0. The average Bonchev–Trinajstić information content (AvgIpc) is 1.73. The van der Waals surface area contributed by atoms with Crippen LogP contribution in [0.25, 0.3) is 33.4 Å². The minimum Gasteiger partial charge on any atom is -0.508 e. The molecule has 0 radical (unpaired) electrons. The quantitative estimate of drug-likeness (QED) is 0.0258. The largest absolute Gasteiger partial charge is 0.508 e. The number of rotatable bonds is 24. The van der Waals surface area contributed by atoms with E-state index >= 15 is 0 Å². The van der Waals surface area contributed by atoms with Gasteiger partial charge < -0.3 is 75.4 Å². The molecule has 15 nitrogen and oxygen atoms in total. The number of para-hydroxylation sites is 3.